The van der Waals surface area contributed by atoms with Crippen molar-refractivity contribution >= 4 is 21.6 Å². The molecule has 0 amide bonds. The summed E-state index contributed by atoms with van der Waals surface area (Å²) in [5, 5.41) is 0. The summed E-state index contributed by atoms with van der Waals surface area (Å²) in [6.07, 6.45) is 6.20. The van der Waals surface area contributed by atoms with E-state index in [0.717, 1.165) is 19.4 Å². The number of hydrogen-bond acceptors (Lipinski definition) is 3. The summed E-state index contributed by atoms with van der Waals surface area (Å²) in [5.41, 5.74) is 0. The molecular formula is C12H25ClN2O2S. The van der Waals surface area contributed by atoms with Crippen molar-refractivity contribution < 1.29 is 8.42 Å². The van der Waals surface area contributed by atoms with Gasteiger partial charge in [0.05, 0.1) is 5.75 Å². The molecule has 4 nitrogen and oxygen atoms in total. The molecule has 1 fully saturated rings. The lowest BCUT2D eigenvalue weighted by atomic mass is 10.1. The van der Waals surface area contributed by atoms with Gasteiger partial charge < -0.3 is 4.90 Å². The monoisotopic (exact) mass is 296 g/mol. The maximum atomic E-state index is 11.6. The van der Waals surface area contributed by atoms with Crippen molar-refractivity contribution in [3.63, 3.8) is 0 Å². The number of likely N-dealkylation sites (tertiary alicyclic amines) is 1. The predicted octanol–water partition coefficient (Wildman–Crippen LogP) is 1.80. The highest BCUT2D eigenvalue weighted by atomic mass is 35.5. The third-order valence-corrected chi connectivity index (χ3v) is 4.96. The minimum atomic E-state index is -3.08. The van der Waals surface area contributed by atoms with Crippen LogP contribution in [0.4, 0.5) is 0 Å². The normalized spacial score (nSPS) is 18.1. The molecule has 1 heterocycles. The molecule has 1 aliphatic heterocycles. The predicted molar refractivity (Wildman–Crippen MR) is 76.7 cm³/mol. The largest absolute Gasteiger partial charge is 0.303 e. The van der Waals surface area contributed by atoms with Crippen LogP contribution in [-0.2, 0) is 10.0 Å². The first kappa shape index (κ1) is 16.2. The number of nitrogens with zero attached hydrogens (tertiary/aromatic N) is 1. The molecule has 0 aromatic carbocycles. The van der Waals surface area contributed by atoms with Crippen molar-refractivity contribution in [2.45, 2.75) is 38.5 Å². The van der Waals surface area contributed by atoms with Crippen LogP contribution in [0.2, 0.25) is 0 Å². The Labute approximate surface area is 116 Å². The Hall–Kier alpha value is 0.160. The van der Waals surface area contributed by atoms with Crippen LogP contribution in [0.1, 0.15) is 38.5 Å². The molecule has 1 aliphatic rings. The number of sulfonamides is 1. The second-order valence-electron chi connectivity index (χ2n) is 4.87. The van der Waals surface area contributed by atoms with E-state index in [2.05, 4.69) is 9.62 Å². The van der Waals surface area contributed by atoms with E-state index in [9.17, 15) is 8.42 Å². The van der Waals surface area contributed by atoms with Gasteiger partial charge in [-0.3, -0.25) is 0 Å². The lowest BCUT2D eigenvalue weighted by Crippen LogP contribution is -2.34. The fourth-order valence-corrected chi connectivity index (χ4v) is 3.54. The van der Waals surface area contributed by atoms with Gasteiger partial charge >= 0.3 is 0 Å². The van der Waals surface area contributed by atoms with E-state index in [1.807, 2.05) is 0 Å². The quantitative estimate of drug-likeness (QED) is 0.521. The van der Waals surface area contributed by atoms with Crippen LogP contribution in [0.25, 0.3) is 0 Å². The van der Waals surface area contributed by atoms with Crippen LogP contribution >= 0.6 is 11.6 Å². The first-order chi connectivity index (χ1) is 8.64. The van der Waals surface area contributed by atoms with Crippen molar-refractivity contribution in [1.82, 2.24) is 9.62 Å². The summed E-state index contributed by atoms with van der Waals surface area (Å²) < 4.78 is 25.8. The van der Waals surface area contributed by atoms with E-state index in [4.69, 9.17) is 11.6 Å². The molecule has 0 aliphatic carbocycles. The molecule has 1 N–H and O–H groups in total. The van der Waals surface area contributed by atoms with Crippen molar-refractivity contribution in [1.29, 1.82) is 0 Å². The number of halogens is 1. The Morgan fingerprint density at radius 1 is 1.06 bits per heavy atom. The van der Waals surface area contributed by atoms with Crippen LogP contribution in [-0.4, -0.2) is 51.1 Å². The molecule has 0 aromatic rings. The molecule has 18 heavy (non-hydrogen) atoms. The van der Waals surface area contributed by atoms with Gasteiger partial charge in [0.2, 0.25) is 10.0 Å². The lowest BCUT2D eigenvalue weighted by molar-refractivity contribution is 0.227. The van der Waals surface area contributed by atoms with Crippen LogP contribution in [0.5, 0.6) is 0 Å². The highest BCUT2D eigenvalue weighted by Crippen LogP contribution is 2.08. The zero-order chi connectivity index (χ0) is 13.3. The summed E-state index contributed by atoms with van der Waals surface area (Å²) in [7, 11) is -3.08. The van der Waals surface area contributed by atoms with Crippen molar-refractivity contribution in [2.75, 3.05) is 37.8 Å². The summed E-state index contributed by atoms with van der Waals surface area (Å²) >= 11 is 5.52. The Morgan fingerprint density at radius 3 is 2.44 bits per heavy atom. The van der Waals surface area contributed by atoms with E-state index < -0.39 is 10.0 Å². The molecule has 0 atom stereocenters. The zero-order valence-corrected chi connectivity index (χ0v) is 12.6. The number of unbranched alkanes of at least 4 members (excludes halogenated alkanes) is 1. The SMILES string of the molecule is O=S(=O)(CCCCCl)NCCCN1CCCCC1. The number of hydrogen-bond donors (Lipinski definition) is 1. The van der Waals surface area contributed by atoms with Gasteiger partial charge in [-0.15, -0.1) is 11.6 Å². The van der Waals surface area contributed by atoms with E-state index in [1.54, 1.807) is 0 Å². The van der Waals surface area contributed by atoms with Gasteiger partial charge in [0.1, 0.15) is 0 Å². The van der Waals surface area contributed by atoms with Crippen molar-refractivity contribution in [2.24, 2.45) is 0 Å². The number of piperidine rings is 1. The number of nitrogens with one attached hydrogen (secondary N) is 1. The molecule has 0 spiro atoms. The molecular weight excluding hydrogens is 272 g/mol. The lowest BCUT2D eigenvalue weighted by Gasteiger charge is -2.26. The van der Waals surface area contributed by atoms with Gasteiger partial charge in [-0.1, -0.05) is 6.42 Å². The Bertz CT molecular complexity index is 303. The highest BCUT2D eigenvalue weighted by Gasteiger charge is 2.11. The zero-order valence-electron chi connectivity index (χ0n) is 11.0. The van der Waals surface area contributed by atoms with Crippen molar-refractivity contribution in [3.8, 4) is 0 Å². The molecule has 0 unspecified atom stereocenters. The van der Waals surface area contributed by atoms with Crippen molar-refractivity contribution in [3.05, 3.63) is 0 Å². The number of rotatable bonds is 9. The minimum absolute atomic E-state index is 0.198. The smallest absolute Gasteiger partial charge is 0.211 e. The number of alkyl halides is 1. The summed E-state index contributed by atoms with van der Waals surface area (Å²) in [6.45, 7) is 3.90. The maximum Gasteiger partial charge on any atom is 0.211 e. The fraction of sp³-hybridized carbons (Fsp3) is 1.00. The van der Waals surface area contributed by atoms with E-state index in [0.29, 0.717) is 18.8 Å². The van der Waals surface area contributed by atoms with Crippen LogP contribution in [0.3, 0.4) is 0 Å². The van der Waals surface area contributed by atoms with E-state index in [1.165, 1.54) is 32.4 Å². The molecule has 0 radical (unpaired) electrons. The second-order valence-corrected chi connectivity index (χ2v) is 7.17. The highest BCUT2D eigenvalue weighted by molar-refractivity contribution is 7.89. The topological polar surface area (TPSA) is 49.4 Å². The van der Waals surface area contributed by atoms with Gasteiger partial charge in [0.25, 0.3) is 0 Å². The van der Waals surface area contributed by atoms with E-state index >= 15 is 0 Å². The fourth-order valence-electron chi connectivity index (χ4n) is 2.17. The average molecular weight is 297 g/mol. The van der Waals surface area contributed by atoms with Gasteiger partial charge in [-0.25, -0.2) is 13.1 Å². The Balaban J connectivity index is 2.05. The summed E-state index contributed by atoms with van der Waals surface area (Å²) in [4.78, 5) is 2.42. The van der Waals surface area contributed by atoms with Crippen LogP contribution in [0, 0.1) is 0 Å². The molecule has 0 bridgehead atoms. The molecule has 108 valence electrons. The summed E-state index contributed by atoms with van der Waals surface area (Å²) in [5.74, 6) is 0.730. The average Bonchev–Trinajstić information content (AvgIpc) is 2.36. The molecule has 1 rings (SSSR count). The Morgan fingerprint density at radius 2 is 1.78 bits per heavy atom. The van der Waals surface area contributed by atoms with E-state index in [-0.39, 0.29) is 5.75 Å². The first-order valence-electron chi connectivity index (χ1n) is 6.90. The molecule has 0 aromatic heterocycles. The third-order valence-electron chi connectivity index (χ3n) is 3.22. The van der Waals surface area contributed by atoms with Crippen LogP contribution < -0.4 is 4.72 Å². The van der Waals surface area contributed by atoms with Gasteiger partial charge in [0.15, 0.2) is 0 Å². The summed E-state index contributed by atoms with van der Waals surface area (Å²) in [6, 6.07) is 0. The standard InChI is InChI=1S/C12H25ClN2O2S/c13-7-2-5-12-18(16,17)14-8-6-11-15-9-3-1-4-10-15/h14H,1-12H2. The Kier molecular flexibility index (Phi) is 8.22. The van der Waals surface area contributed by atoms with Gasteiger partial charge in [-0.05, 0) is 51.7 Å². The molecule has 1 saturated heterocycles. The molecule has 0 saturated carbocycles. The maximum absolute atomic E-state index is 11.6. The third kappa shape index (κ3) is 7.56. The second kappa shape index (κ2) is 9.13. The van der Waals surface area contributed by atoms with Gasteiger partial charge in [-0.2, -0.15) is 0 Å². The van der Waals surface area contributed by atoms with Gasteiger partial charge in [0, 0.05) is 12.4 Å². The minimum Gasteiger partial charge on any atom is -0.303 e. The van der Waals surface area contributed by atoms with Crippen LogP contribution in [0.15, 0.2) is 0 Å². The first-order valence-corrected chi connectivity index (χ1v) is 9.08. The molecule has 6 heteroatoms.